The highest BCUT2D eigenvalue weighted by atomic mass is 35.5. The predicted octanol–water partition coefficient (Wildman–Crippen LogP) is 4.69. The lowest BCUT2D eigenvalue weighted by atomic mass is 10.0. The van der Waals surface area contributed by atoms with Crippen molar-refractivity contribution in [1.29, 1.82) is 0 Å². The van der Waals surface area contributed by atoms with Gasteiger partial charge in [-0.2, -0.15) is 0 Å². The first kappa shape index (κ1) is 15.5. The molecule has 1 atom stereocenters. The molecule has 0 radical (unpaired) electrons. The van der Waals surface area contributed by atoms with Crippen LogP contribution in [-0.4, -0.2) is 13.1 Å². The van der Waals surface area contributed by atoms with Gasteiger partial charge in [-0.3, -0.25) is 0 Å². The number of aryl methyl sites for hydroxylation is 1. The van der Waals surface area contributed by atoms with Gasteiger partial charge in [0.05, 0.1) is 0 Å². The fourth-order valence-corrected chi connectivity index (χ4v) is 3.19. The Morgan fingerprint density at radius 2 is 2.20 bits per heavy atom. The Morgan fingerprint density at radius 1 is 1.35 bits per heavy atom. The van der Waals surface area contributed by atoms with Gasteiger partial charge in [-0.05, 0) is 61.9 Å². The Balaban J connectivity index is 1.85. The van der Waals surface area contributed by atoms with Crippen LogP contribution in [0.2, 0.25) is 5.02 Å². The first-order chi connectivity index (χ1) is 9.69. The molecule has 0 saturated heterocycles. The highest BCUT2D eigenvalue weighted by molar-refractivity contribution is 7.09. The molecule has 1 nitrogen and oxygen atoms in total. The molecule has 0 aliphatic rings. The van der Waals surface area contributed by atoms with Crippen molar-refractivity contribution >= 4 is 22.9 Å². The van der Waals surface area contributed by atoms with Crippen LogP contribution in [0.1, 0.15) is 23.3 Å². The molecule has 0 spiro atoms. The monoisotopic (exact) mass is 311 g/mol. The van der Waals surface area contributed by atoms with Crippen LogP contribution in [-0.2, 0) is 12.8 Å². The maximum atomic E-state index is 13.8. The number of rotatable bonds is 7. The molecule has 108 valence electrons. The van der Waals surface area contributed by atoms with Gasteiger partial charge in [0.15, 0.2) is 0 Å². The van der Waals surface area contributed by atoms with Crippen LogP contribution in [0.5, 0.6) is 0 Å². The zero-order chi connectivity index (χ0) is 14.4. The van der Waals surface area contributed by atoms with E-state index in [-0.39, 0.29) is 5.82 Å². The van der Waals surface area contributed by atoms with Gasteiger partial charge in [0, 0.05) is 15.9 Å². The van der Waals surface area contributed by atoms with E-state index in [4.69, 9.17) is 11.6 Å². The molecule has 0 aliphatic heterocycles. The number of likely N-dealkylation sites (N-methyl/N-ethyl adjacent to an activating group) is 1. The maximum absolute atomic E-state index is 13.8. The van der Waals surface area contributed by atoms with Crippen molar-refractivity contribution in [2.45, 2.75) is 31.7 Å². The molecule has 1 unspecified atom stereocenters. The van der Waals surface area contributed by atoms with E-state index in [1.807, 2.05) is 7.05 Å². The van der Waals surface area contributed by atoms with E-state index in [9.17, 15) is 4.39 Å². The van der Waals surface area contributed by atoms with E-state index in [0.717, 1.165) is 24.8 Å². The maximum Gasteiger partial charge on any atom is 0.127 e. The topological polar surface area (TPSA) is 12.0 Å². The van der Waals surface area contributed by atoms with Crippen molar-refractivity contribution in [2.75, 3.05) is 7.05 Å². The minimum absolute atomic E-state index is 0.212. The summed E-state index contributed by atoms with van der Waals surface area (Å²) in [6, 6.07) is 9.46. The second-order valence-electron chi connectivity index (χ2n) is 4.90. The summed E-state index contributed by atoms with van der Waals surface area (Å²) in [6.07, 6.45) is 3.95. The summed E-state index contributed by atoms with van der Waals surface area (Å²) in [6.45, 7) is 0. The second kappa shape index (κ2) is 7.77. The smallest absolute Gasteiger partial charge is 0.127 e. The summed E-state index contributed by atoms with van der Waals surface area (Å²) in [5, 5.41) is 5.83. The molecule has 4 heteroatoms. The fraction of sp³-hybridized carbons (Fsp3) is 0.375. The zero-order valence-corrected chi connectivity index (χ0v) is 13.1. The summed E-state index contributed by atoms with van der Waals surface area (Å²) < 4.78 is 13.8. The van der Waals surface area contributed by atoms with Gasteiger partial charge in [0.25, 0.3) is 0 Å². The molecule has 1 N–H and O–H groups in total. The first-order valence-corrected chi connectivity index (χ1v) is 8.08. The minimum Gasteiger partial charge on any atom is -0.317 e. The van der Waals surface area contributed by atoms with E-state index in [0.29, 0.717) is 17.5 Å². The zero-order valence-electron chi connectivity index (χ0n) is 11.5. The SMILES string of the molecule is CNC(CCCc1cccs1)Cc1ccc(Cl)cc1F. The van der Waals surface area contributed by atoms with Crippen molar-refractivity contribution < 1.29 is 4.39 Å². The Labute approximate surface area is 128 Å². The third kappa shape index (κ3) is 4.58. The summed E-state index contributed by atoms with van der Waals surface area (Å²) in [5.41, 5.74) is 0.727. The first-order valence-electron chi connectivity index (χ1n) is 6.82. The van der Waals surface area contributed by atoms with E-state index in [2.05, 4.69) is 22.8 Å². The summed E-state index contributed by atoms with van der Waals surface area (Å²) in [5.74, 6) is -0.212. The molecule has 0 bridgehead atoms. The van der Waals surface area contributed by atoms with Crippen molar-refractivity contribution in [1.82, 2.24) is 5.32 Å². The van der Waals surface area contributed by atoms with Gasteiger partial charge in [-0.25, -0.2) is 4.39 Å². The predicted molar refractivity (Wildman–Crippen MR) is 85.2 cm³/mol. The number of benzene rings is 1. The Kier molecular flexibility index (Phi) is 6.02. The standard InChI is InChI=1S/C16H19ClFNS/c1-19-14(4-2-5-15-6-3-9-20-15)10-12-7-8-13(17)11-16(12)18/h3,6-9,11,14,19H,2,4-5,10H2,1H3. The molecule has 0 amide bonds. The quantitative estimate of drug-likeness (QED) is 0.782. The van der Waals surface area contributed by atoms with E-state index in [1.165, 1.54) is 10.9 Å². The third-order valence-corrected chi connectivity index (χ3v) is 4.62. The highest BCUT2D eigenvalue weighted by Gasteiger charge is 2.11. The molecule has 20 heavy (non-hydrogen) atoms. The van der Waals surface area contributed by atoms with Crippen molar-refractivity contribution in [3.05, 3.63) is 57.0 Å². The van der Waals surface area contributed by atoms with Gasteiger partial charge in [-0.1, -0.05) is 23.7 Å². The molecule has 0 fully saturated rings. The van der Waals surface area contributed by atoms with Crippen LogP contribution in [0, 0.1) is 5.82 Å². The van der Waals surface area contributed by atoms with Crippen LogP contribution in [0.15, 0.2) is 35.7 Å². The third-order valence-electron chi connectivity index (χ3n) is 3.45. The number of hydrogen-bond acceptors (Lipinski definition) is 2. The molecular weight excluding hydrogens is 293 g/mol. The van der Waals surface area contributed by atoms with Gasteiger partial charge in [-0.15, -0.1) is 11.3 Å². The summed E-state index contributed by atoms with van der Waals surface area (Å²) in [7, 11) is 1.93. The van der Waals surface area contributed by atoms with Crippen LogP contribution < -0.4 is 5.32 Å². The Morgan fingerprint density at radius 3 is 2.85 bits per heavy atom. The van der Waals surface area contributed by atoms with Crippen molar-refractivity contribution in [3.63, 3.8) is 0 Å². The van der Waals surface area contributed by atoms with E-state index >= 15 is 0 Å². The Hall–Kier alpha value is -0.900. The highest BCUT2D eigenvalue weighted by Crippen LogP contribution is 2.18. The average Bonchev–Trinajstić information content (AvgIpc) is 2.93. The lowest BCUT2D eigenvalue weighted by Gasteiger charge is -2.16. The average molecular weight is 312 g/mol. The van der Waals surface area contributed by atoms with Crippen LogP contribution in [0.25, 0.3) is 0 Å². The van der Waals surface area contributed by atoms with E-state index < -0.39 is 0 Å². The molecule has 2 rings (SSSR count). The number of halogens is 2. The molecule has 0 aliphatic carbocycles. The largest absolute Gasteiger partial charge is 0.317 e. The van der Waals surface area contributed by atoms with Gasteiger partial charge in [0.1, 0.15) is 5.82 Å². The Bertz CT molecular complexity index is 527. The molecule has 0 saturated carbocycles. The number of hydrogen-bond donors (Lipinski definition) is 1. The van der Waals surface area contributed by atoms with E-state index in [1.54, 1.807) is 23.5 Å². The molecule has 1 heterocycles. The van der Waals surface area contributed by atoms with Crippen molar-refractivity contribution in [3.8, 4) is 0 Å². The lowest BCUT2D eigenvalue weighted by molar-refractivity contribution is 0.490. The van der Waals surface area contributed by atoms with Gasteiger partial charge in [0.2, 0.25) is 0 Å². The van der Waals surface area contributed by atoms with Crippen LogP contribution >= 0.6 is 22.9 Å². The minimum atomic E-state index is -0.212. The lowest BCUT2D eigenvalue weighted by Crippen LogP contribution is -2.28. The van der Waals surface area contributed by atoms with Gasteiger partial charge >= 0.3 is 0 Å². The normalized spacial score (nSPS) is 12.6. The number of thiophene rings is 1. The molecule has 1 aromatic carbocycles. The van der Waals surface area contributed by atoms with Crippen molar-refractivity contribution in [2.24, 2.45) is 0 Å². The van der Waals surface area contributed by atoms with Crippen LogP contribution in [0.4, 0.5) is 4.39 Å². The van der Waals surface area contributed by atoms with Crippen LogP contribution in [0.3, 0.4) is 0 Å². The summed E-state index contributed by atoms with van der Waals surface area (Å²) in [4.78, 5) is 1.41. The molecule has 1 aromatic heterocycles. The second-order valence-corrected chi connectivity index (χ2v) is 6.37. The fourth-order valence-electron chi connectivity index (χ4n) is 2.28. The number of nitrogens with one attached hydrogen (secondary N) is 1. The molecular formula is C16H19ClFNS. The summed E-state index contributed by atoms with van der Waals surface area (Å²) >= 11 is 7.57. The molecule has 2 aromatic rings. The van der Waals surface area contributed by atoms with Gasteiger partial charge < -0.3 is 5.32 Å².